The predicted octanol–water partition coefficient (Wildman–Crippen LogP) is 3.52. The number of carbonyl (C=O) groups is 1. The number of aliphatic hydroxyl groups is 1. The molecule has 0 saturated carbocycles. The van der Waals surface area contributed by atoms with E-state index in [1.807, 2.05) is 37.3 Å². The second-order valence-corrected chi connectivity index (χ2v) is 5.30. The van der Waals surface area contributed by atoms with Crippen LogP contribution in [0.3, 0.4) is 0 Å². The number of aryl methyl sites for hydroxylation is 1. The van der Waals surface area contributed by atoms with Crippen LogP contribution in [0.1, 0.15) is 27.6 Å². The van der Waals surface area contributed by atoms with Crippen molar-refractivity contribution in [1.29, 1.82) is 0 Å². The molecule has 0 bridgehead atoms. The van der Waals surface area contributed by atoms with Crippen LogP contribution in [0.5, 0.6) is 0 Å². The zero-order valence-electron chi connectivity index (χ0n) is 9.93. The molecule has 2 aromatic carbocycles. The molecule has 0 fully saturated rings. The first kappa shape index (κ1) is 13.2. The summed E-state index contributed by atoms with van der Waals surface area (Å²) in [7, 11) is 0. The molecule has 2 aromatic rings. The number of benzene rings is 2. The second kappa shape index (κ2) is 5.63. The normalized spacial score (nSPS) is 12.2. The monoisotopic (exact) mass is 352 g/mol. The van der Waals surface area contributed by atoms with Gasteiger partial charge in [-0.25, -0.2) is 0 Å². The van der Waals surface area contributed by atoms with E-state index in [1.54, 1.807) is 18.2 Å². The minimum Gasteiger partial charge on any atom is -0.380 e. The molecular weight excluding hydrogens is 339 g/mol. The van der Waals surface area contributed by atoms with Crippen molar-refractivity contribution < 1.29 is 9.90 Å². The van der Waals surface area contributed by atoms with Gasteiger partial charge < -0.3 is 5.11 Å². The lowest BCUT2D eigenvalue weighted by Crippen LogP contribution is -2.12. The van der Waals surface area contributed by atoms with Crippen molar-refractivity contribution in [2.75, 3.05) is 0 Å². The summed E-state index contributed by atoms with van der Waals surface area (Å²) in [5.41, 5.74) is 2.29. The van der Waals surface area contributed by atoms with Crippen LogP contribution in [0, 0.1) is 10.5 Å². The molecule has 92 valence electrons. The molecule has 0 amide bonds. The number of hydrogen-bond acceptors (Lipinski definition) is 2. The van der Waals surface area contributed by atoms with Gasteiger partial charge in [-0.3, -0.25) is 4.79 Å². The molecule has 0 aliphatic carbocycles. The topological polar surface area (TPSA) is 37.3 Å². The first-order valence-corrected chi connectivity index (χ1v) is 6.71. The zero-order chi connectivity index (χ0) is 13.1. The number of ketones is 1. The Bertz CT molecular complexity index is 564. The summed E-state index contributed by atoms with van der Waals surface area (Å²) < 4.78 is 1.03. The Hall–Kier alpha value is -1.20. The van der Waals surface area contributed by atoms with E-state index >= 15 is 0 Å². The van der Waals surface area contributed by atoms with Gasteiger partial charge in [0.05, 0.1) is 0 Å². The third-order valence-electron chi connectivity index (χ3n) is 2.82. The van der Waals surface area contributed by atoms with E-state index in [2.05, 4.69) is 22.6 Å². The molecule has 2 nitrogen and oxygen atoms in total. The lowest BCUT2D eigenvalue weighted by atomic mass is 9.99. The second-order valence-electron chi connectivity index (χ2n) is 4.14. The standard InChI is InChI=1S/C15H13IO2/c1-10-7-8-12(9-13(10)16)15(18)14(17)11-5-3-2-4-6-11/h2-9,14,17H,1H3. The maximum Gasteiger partial charge on any atom is 0.195 e. The summed E-state index contributed by atoms with van der Waals surface area (Å²) in [6, 6.07) is 14.4. The highest BCUT2D eigenvalue weighted by Gasteiger charge is 2.19. The Morgan fingerprint density at radius 3 is 2.44 bits per heavy atom. The van der Waals surface area contributed by atoms with Crippen molar-refractivity contribution in [3.8, 4) is 0 Å². The van der Waals surface area contributed by atoms with Crippen molar-refractivity contribution in [3.05, 3.63) is 68.8 Å². The fourth-order valence-corrected chi connectivity index (χ4v) is 2.21. The molecule has 1 N–H and O–H groups in total. The van der Waals surface area contributed by atoms with Crippen LogP contribution in [-0.2, 0) is 0 Å². The van der Waals surface area contributed by atoms with Crippen LogP contribution in [0.25, 0.3) is 0 Å². The summed E-state index contributed by atoms with van der Waals surface area (Å²) in [5, 5.41) is 10.1. The van der Waals surface area contributed by atoms with Gasteiger partial charge in [0.15, 0.2) is 5.78 Å². The molecule has 0 saturated heterocycles. The quantitative estimate of drug-likeness (QED) is 0.678. The highest BCUT2D eigenvalue weighted by molar-refractivity contribution is 14.1. The van der Waals surface area contributed by atoms with Crippen molar-refractivity contribution in [2.45, 2.75) is 13.0 Å². The van der Waals surface area contributed by atoms with Crippen molar-refractivity contribution in [2.24, 2.45) is 0 Å². The Balaban J connectivity index is 2.29. The lowest BCUT2D eigenvalue weighted by molar-refractivity contribution is 0.0747. The van der Waals surface area contributed by atoms with Crippen molar-refractivity contribution >= 4 is 28.4 Å². The molecule has 0 spiro atoms. The van der Waals surface area contributed by atoms with Gasteiger partial charge >= 0.3 is 0 Å². The number of Topliss-reactive ketones (excluding diaryl/α,β-unsaturated/α-hetero) is 1. The average molecular weight is 352 g/mol. The zero-order valence-corrected chi connectivity index (χ0v) is 12.1. The molecule has 0 aliphatic rings. The Morgan fingerprint density at radius 2 is 1.83 bits per heavy atom. The highest BCUT2D eigenvalue weighted by atomic mass is 127. The van der Waals surface area contributed by atoms with E-state index in [9.17, 15) is 9.90 Å². The largest absolute Gasteiger partial charge is 0.380 e. The van der Waals surface area contributed by atoms with Crippen molar-refractivity contribution in [1.82, 2.24) is 0 Å². The van der Waals surface area contributed by atoms with Gasteiger partial charge in [0, 0.05) is 9.13 Å². The molecular formula is C15H13IO2. The minimum absolute atomic E-state index is 0.265. The molecule has 1 atom stereocenters. The highest BCUT2D eigenvalue weighted by Crippen LogP contribution is 2.20. The third-order valence-corrected chi connectivity index (χ3v) is 3.98. The Kier molecular flexibility index (Phi) is 4.14. The first-order chi connectivity index (χ1) is 8.59. The summed E-state index contributed by atoms with van der Waals surface area (Å²) >= 11 is 2.19. The SMILES string of the molecule is Cc1ccc(C(=O)C(O)c2ccccc2)cc1I. The van der Waals surface area contributed by atoms with Gasteiger partial charge in [-0.15, -0.1) is 0 Å². The summed E-state index contributed by atoms with van der Waals surface area (Å²) in [5.74, 6) is -0.265. The molecule has 0 aromatic heterocycles. The van der Waals surface area contributed by atoms with Crippen LogP contribution in [0.4, 0.5) is 0 Å². The maximum atomic E-state index is 12.2. The summed E-state index contributed by atoms with van der Waals surface area (Å²) in [6.07, 6.45) is -1.09. The predicted molar refractivity (Wildman–Crippen MR) is 79.6 cm³/mol. The lowest BCUT2D eigenvalue weighted by Gasteiger charge is -2.10. The Labute approximate surface area is 120 Å². The molecule has 2 rings (SSSR count). The molecule has 0 radical (unpaired) electrons. The number of hydrogen-bond donors (Lipinski definition) is 1. The van der Waals surface area contributed by atoms with Gasteiger partial charge in [0.2, 0.25) is 0 Å². The van der Waals surface area contributed by atoms with Gasteiger partial charge in [-0.2, -0.15) is 0 Å². The smallest absolute Gasteiger partial charge is 0.195 e. The number of rotatable bonds is 3. The molecule has 1 unspecified atom stereocenters. The van der Waals surface area contributed by atoms with E-state index in [-0.39, 0.29) is 5.78 Å². The molecule has 3 heteroatoms. The molecule has 18 heavy (non-hydrogen) atoms. The van der Waals surface area contributed by atoms with Crippen LogP contribution in [-0.4, -0.2) is 10.9 Å². The number of halogens is 1. The van der Waals surface area contributed by atoms with Crippen LogP contribution < -0.4 is 0 Å². The van der Waals surface area contributed by atoms with E-state index in [4.69, 9.17) is 0 Å². The van der Waals surface area contributed by atoms with Gasteiger partial charge in [0.1, 0.15) is 6.10 Å². The Morgan fingerprint density at radius 1 is 1.17 bits per heavy atom. The van der Waals surface area contributed by atoms with E-state index in [1.165, 1.54) is 0 Å². The minimum atomic E-state index is -1.09. The van der Waals surface area contributed by atoms with Crippen LogP contribution >= 0.6 is 22.6 Å². The van der Waals surface area contributed by atoms with E-state index in [0.29, 0.717) is 11.1 Å². The summed E-state index contributed by atoms with van der Waals surface area (Å²) in [4.78, 5) is 12.2. The van der Waals surface area contributed by atoms with E-state index < -0.39 is 6.10 Å². The fourth-order valence-electron chi connectivity index (χ4n) is 1.69. The van der Waals surface area contributed by atoms with Crippen molar-refractivity contribution in [3.63, 3.8) is 0 Å². The van der Waals surface area contributed by atoms with Gasteiger partial charge in [0.25, 0.3) is 0 Å². The van der Waals surface area contributed by atoms with Crippen LogP contribution in [0.2, 0.25) is 0 Å². The number of aliphatic hydroxyl groups excluding tert-OH is 1. The number of carbonyl (C=O) groups excluding carboxylic acids is 1. The molecule has 0 heterocycles. The third kappa shape index (κ3) is 2.79. The average Bonchev–Trinajstić information content (AvgIpc) is 2.41. The van der Waals surface area contributed by atoms with Gasteiger partial charge in [-0.05, 0) is 46.7 Å². The first-order valence-electron chi connectivity index (χ1n) is 5.63. The maximum absolute atomic E-state index is 12.2. The summed E-state index contributed by atoms with van der Waals surface area (Å²) in [6.45, 7) is 1.99. The van der Waals surface area contributed by atoms with Crippen LogP contribution in [0.15, 0.2) is 48.5 Å². The molecule has 0 aliphatic heterocycles. The van der Waals surface area contributed by atoms with Gasteiger partial charge in [-0.1, -0.05) is 42.5 Å². The fraction of sp³-hybridized carbons (Fsp3) is 0.133. The van der Waals surface area contributed by atoms with E-state index in [0.717, 1.165) is 9.13 Å².